The van der Waals surface area contributed by atoms with E-state index in [0.29, 0.717) is 17.9 Å². The summed E-state index contributed by atoms with van der Waals surface area (Å²) in [5.74, 6) is 3.05. The van der Waals surface area contributed by atoms with Crippen LogP contribution in [0.1, 0.15) is 51.7 Å². The standard InChI is InChI=1S/C23H26N2O4/c1-15(20-5-4-12-28-20)24-23(26)22-16(2)29-21-10-11-25(14-19(21)22)13-17-6-8-18(27-3)9-7-17/h4-9,12,15H,10-11,13-14H2,1-3H3,(H,24,26). The van der Waals surface area contributed by atoms with Crippen LogP contribution in [0.2, 0.25) is 0 Å². The lowest BCUT2D eigenvalue weighted by atomic mass is 10.0. The molecular formula is C23H26N2O4. The third-order valence-corrected chi connectivity index (χ3v) is 5.41. The fourth-order valence-electron chi connectivity index (χ4n) is 3.88. The summed E-state index contributed by atoms with van der Waals surface area (Å²) >= 11 is 0. The SMILES string of the molecule is COc1ccc(CN2CCc3oc(C)c(C(=O)NC(C)c4ccco4)c3C2)cc1. The van der Waals surface area contributed by atoms with E-state index < -0.39 is 0 Å². The highest BCUT2D eigenvalue weighted by molar-refractivity contribution is 5.97. The Morgan fingerprint density at radius 1 is 1.28 bits per heavy atom. The Labute approximate surface area is 170 Å². The lowest BCUT2D eigenvalue weighted by Gasteiger charge is -2.26. The van der Waals surface area contributed by atoms with E-state index in [9.17, 15) is 4.79 Å². The van der Waals surface area contributed by atoms with Crippen LogP contribution in [0.5, 0.6) is 5.75 Å². The average molecular weight is 394 g/mol. The first kappa shape index (κ1) is 19.3. The van der Waals surface area contributed by atoms with Crippen molar-refractivity contribution in [1.82, 2.24) is 10.2 Å². The molecular weight excluding hydrogens is 368 g/mol. The molecule has 2 aromatic heterocycles. The zero-order valence-electron chi connectivity index (χ0n) is 17.0. The number of fused-ring (bicyclic) bond motifs is 1. The number of methoxy groups -OCH3 is 1. The topological polar surface area (TPSA) is 67.8 Å². The first-order valence-electron chi connectivity index (χ1n) is 9.86. The molecule has 6 heteroatoms. The van der Waals surface area contributed by atoms with Gasteiger partial charge in [0, 0.05) is 31.6 Å². The van der Waals surface area contributed by atoms with Gasteiger partial charge in [-0.15, -0.1) is 0 Å². The van der Waals surface area contributed by atoms with Gasteiger partial charge >= 0.3 is 0 Å². The number of benzene rings is 1. The predicted molar refractivity (Wildman–Crippen MR) is 109 cm³/mol. The number of nitrogens with zero attached hydrogens (tertiary/aromatic N) is 1. The van der Waals surface area contributed by atoms with E-state index in [1.54, 1.807) is 13.4 Å². The Hall–Kier alpha value is -2.99. The molecule has 0 saturated carbocycles. The van der Waals surface area contributed by atoms with Crippen LogP contribution in [-0.4, -0.2) is 24.5 Å². The van der Waals surface area contributed by atoms with Gasteiger partial charge in [-0.05, 0) is 43.7 Å². The number of furan rings is 2. The van der Waals surface area contributed by atoms with Gasteiger partial charge in [0.1, 0.15) is 23.0 Å². The maximum atomic E-state index is 13.0. The number of rotatable bonds is 6. The van der Waals surface area contributed by atoms with Crippen LogP contribution < -0.4 is 10.1 Å². The molecule has 0 saturated heterocycles. The zero-order chi connectivity index (χ0) is 20.4. The Kier molecular flexibility index (Phi) is 5.45. The molecule has 1 atom stereocenters. The number of amides is 1. The molecule has 1 unspecified atom stereocenters. The summed E-state index contributed by atoms with van der Waals surface area (Å²) in [6.45, 7) is 6.18. The van der Waals surface area contributed by atoms with E-state index in [0.717, 1.165) is 42.3 Å². The highest BCUT2D eigenvalue weighted by Gasteiger charge is 2.29. The summed E-state index contributed by atoms with van der Waals surface area (Å²) in [7, 11) is 1.67. The summed E-state index contributed by atoms with van der Waals surface area (Å²) in [6.07, 6.45) is 2.41. The van der Waals surface area contributed by atoms with Gasteiger partial charge in [0.05, 0.1) is 25.0 Å². The third-order valence-electron chi connectivity index (χ3n) is 5.41. The molecule has 1 aliphatic rings. The molecule has 6 nitrogen and oxygen atoms in total. The van der Waals surface area contributed by atoms with E-state index in [-0.39, 0.29) is 11.9 Å². The Morgan fingerprint density at radius 2 is 2.07 bits per heavy atom. The molecule has 3 aromatic rings. The Morgan fingerprint density at radius 3 is 2.76 bits per heavy atom. The fraction of sp³-hybridized carbons (Fsp3) is 0.348. The van der Waals surface area contributed by atoms with Gasteiger partial charge in [-0.1, -0.05) is 12.1 Å². The van der Waals surface area contributed by atoms with E-state index in [2.05, 4.69) is 22.3 Å². The normalized spacial score (nSPS) is 15.0. The van der Waals surface area contributed by atoms with Gasteiger partial charge in [0.15, 0.2) is 0 Å². The molecule has 0 spiro atoms. The van der Waals surface area contributed by atoms with Crippen molar-refractivity contribution >= 4 is 5.91 Å². The van der Waals surface area contributed by atoms with E-state index >= 15 is 0 Å². The van der Waals surface area contributed by atoms with Crippen molar-refractivity contribution in [3.63, 3.8) is 0 Å². The van der Waals surface area contributed by atoms with Crippen molar-refractivity contribution in [3.05, 3.63) is 76.6 Å². The maximum Gasteiger partial charge on any atom is 0.255 e. The first-order chi connectivity index (χ1) is 14.0. The highest BCUT2D eigenvalue weighted by Crippen LogP contribution is 2.29. The smallest absolute Gasteiger partial charge is 0.255 e. The van der Waals surface area contributed by atoms with Crippen LogP contribution in [0.3, 0.4) is 0 Å². The molecule has 3 heterocycles. The quantitative estimate of drug-likeness (QED) is 0.677. The van der Waals surface area contributed by atoms with Crippen molar-refractivity contribution in [2.24, 2.45) is 0 Å². The number of carbonyl (C=O) groups is 1. The summed E-state index contributed by atoms with van der Waals surface area (Å²) in [4.78, 5) is 15.3. The minimum Gasteiger partial charge on any atom is -0.497 e. The zero-order valence-corrected chi connectivity index (χ0v) is 17.0. The van der Waals surface area contributed by atoms with Crippen molar-refractivity contribution < 1.29 is 18.4 Å². The largest absolute Gasteiger partial charge is 0.497 e. The third kappa shape index (κ3) is 4.07. The molecule has 1 N–H and O–H groups in total. The van der Waals surface area contributed by atoms with Crippen molar-refractivity contribution in [2.75, 3.05) is 13.7 Å². The maximum absolute atomic E-state index is 13.0. The monoisotopic (exact) mass is 394 g/mol. The summed E-state index contributed by atoms with van der Waals surface area (Å²) in [5, 5.41) is 3.03. The lowest BCUT2D eigenvalue weighted by molar-refractivity contribution is 0.0931. The van der Waals surface area contributed by atoms with Crippen LogP contribution in [0, 0.1) is 6.92 Å². The minimum absolute atomic E-state index is 0.123. The van der Waals surface area contributed by atoms with Gasteiger partial charge in [-0.2, -0.15) is 0 Å². The summed E-state index contributed by atoms with van der Waals surface area (Å²) in [6, 6.07) is 11.6. The molecule has 0 aliphatic carbocycles. The number of nitrogens with one attached hydrogen (secondary N) is 1. The van der Waals surface area contributed by atoms with Crippen LogP contribution in [0.15, 0.2) is 51.5 Å². The van der Waals surface area contributed by atoms with Gasteiger partial charge in [0.2, 0.25) is 0 Å². The van der Waals surface area contributed by atoms with Crippen LogP contribution >= 0.6 is 0 Å². The van der Waals surface area contributed by atoms with Gasteiger partial charge in [-0.3, -0.25) is 9.69 Å². The van der Waals surface area contributed by atoms with Crippen LogP contribution in [0.4, 0.5) is 0 Å². The second-order valence-electron chi connectivity index (χ2n) is 7.45. The molecule has 1 aliphatic heterocycles. The second-order valence-corrected chi connectivity index (χ2v) is 7.45. The number of hydrogen-bond acceptors (Lipinski definition) is 5. The predicted octanol–water partition coefficient (Wildman–Crippen LogP) is 4.24. The minimum atomic E-state index is -0.207. The van der Waals surface area contributed by atoms with E-state index in [4.69, 9.17) is 13.6 Å². The molecule has 1 aromatic carbocycles. The molecule has 1 amide bonds. The van der Waals surface area contributed by atoms with Crippen molar-refractivity contribution in [3.8, 4) is 5.75 Å². The van der Waals surface area contributed by atoms with E-state index in [1.165, 1.54) is 5.56 Å². The van der Waals surface area contributed by atoms with Crippen molar-refractivity contribution in [2.45, 2.75) is 39.4 Å². The Bertz CT molecular complexity index is 973. The summed E-state index contributed by atoms with van der Waals surface area (Å²) < 4.78 is 16.6. The number of ether oxygens (including phenoxy) is 1. The fourth-order valence-corrected chi connectivity index (χ4v) is 3.88. The number of carbonyl (C=O) groups excluding carboxylic acids is 1. The van der Waals surface area contributed by atoms with E-state index in [1.807, 2.05) is 38.1 Å². The van der Waals surface area contributed by atoms with Gasteiger partial charge < -0.3 is 18.9 Å². The summed E-state index contributed by atoms with van der Waals surface area (Å²) in [5.41, 5.74) is 2.86. The lowest BCUT2D eigenvalue weighted by Crippen LogP contribution is -2.32. The van der Waals surface area contributed by atoms with Crippen LogP contribution in [0.25, 0.3) is 0 Å². The van der Waals surface area contributed by atoms with Gasteiger partial charge in [-0.25, -0.2) is 0 Å². The first-order valence-corrected chi connectivity index (χ1v) is 9.86. The second kappa shape index (κ2) is 8.17. The molecule has 0 bridgehead atoms. The number of hydrogen-bond donors (Lipinski definition) is 1. The highest BCUT2D eigenvalue weighted by atomic mass is 16.5. The van der Waals surface area contributed by atoms with Crippen LogP contribution in [-0.2, 0) is 19.5 Å². The molecule has 152 valence electrons. The molecule has 0 radical (unpaired) electrons. The van der Waals surface area contributed by atoms with Gasteiger partial charge in [0.25, 0.3) is 5.91 Å². The average Bonchev–Trinajstić information content (AvgIpc) is 3.35. The van der Waals surface area contributed by atoms with Crippen molar-refractivity contribution in [1.29, 1.82) is 0 Å². The Balaban J connectivity index is 1.49. The molecule has 4 rings (SSSR count). The molecule has 0 fully saturated rings. The number of aryl methyl sites for hydroxylation is 1. The molecule has 29 heavy (non-hydrogen) atoms.